The summed E-state index contributed by atoms with van der Waals surface area (Å²) in [4.78, 5) is 10.4. The quantitative estimate of drug-likeness (QED) is 0.851. The molecule has 0 aromatic heterocycles. The summed E-state index contributed by atoms with van der Waals surface area (Å²) in [5, 5.41) is 17.5. The summed E-state index contributed by atoms with van der Waals surface area (Å²) in [5.41, 5.74) is -0.0280. The molecule has 0 amide bonds. The van der Waals surface area contributed by atoms with Gasteiger partial charge in [0, 0.05) is 6.42 Å². The molecule has 94 valence electrons. The number of benzene rings is 1. The molecule has 0 saturated heterocycles. The van der Waals surface area contributed by atoms with Crippen LogP contribution < -0.4 is 4.74 Å². The van der Waals surface area contributed by atoms with Crippen molar-refractivity contribution in [2.45, 2.75) is 18.9 Å². The fraction of sp³-hybridized carbons (Fsp3) is 0.300. The zero-order valence-electron chi connectivity index (χ0n) is 8.44. The van der Waals surface area contributed by atoms with Gasteiger partial charge in [-0.25, -0.2) is 4.79 Å². The van der Waals surface area contributed by atoms with Crippen LogP contribution in [0.3, 0.4) is 0 Å². The van der Waals surface area contributed by atoms with Gasteiger partial charge in [-0.2, -0.15) is 0 Å². The molecule has 17 heavy (non-hydrogen) atoms. The largest absolute Gasteiger partial charge is 0.573 e. The maximum atomic E-state index is 12.0. The maximum Gasteiger partial charge on any atom is 0.573 e. The van der Waals surface area contributed by atoms with Gasteiger partial charge in [0.15, 0.2) is 6.10 Å². The first-order valence-corrected chi connectivity index (χ1v) is 4.54. The molecule has 1 aromatic rings. The van der Waals surface area contributed by atoms with Crippen LogP contribution in [0.1, 0.15) is 5.56 Å². The van der Waals surface area contributed by atoms with E-state index >= 15 is 0 Å². The molecule has 0 radical (unpaired) electrons. The number of ether oxygens (including phenoxy) is 1. The van der Waals surface area contributed by atoms with E-state index in [0.29, 0.717) is 0 Å². The summed E-state index contributed by atoms with van der Waals surface area (Å²) in [6.07, 6.45) is -7.08. The van der Waals surface area contributed by atoms with Crippen molar-refractivity contribution < 1.29 is 32.9 Å². The van der Waals surface area contributed by atoms with Crippen LogP contribution in [-0.4, -0.2) is 28.6 Å². The van der Waals surface area contributed by atoms with Crippen molar-refractivity contribution >= 4 is 5.97 Å². The zero-order chi connectivity index (χ0) is 13.1. The van der Waals surface area contributed by atoms with E-state index in [9.17, 15) is 18.0 Å². The van der Waals surface area contributed by atoms with Gasteiger partial charge in [0.2, 0.25) is 0 Å². The van der Waals surface area contributed by atoms with Gasteiger partial charge in [-0.05, 0) is 11.6 Å². The molecular formula is C10H9F3O4. The molecule has 0 unspecified atom stereocenters. The average Bonchev–Trinajstić information content (AvgIpc) is 2.18. The molecule has 0 saturated carbocycles. The van der Waals surface area contributed by atoms with Crippen LogP contribution in [0.2, 0.25) is 0 Å². The summed E-state index contributed by atoms with van der Waals surface area (Å²) < 4.78 is 39.8. The fourth-order valence-corrected chi connectivity index (χ4v) is 1.19. The third-order valence-corrected chi connectivity index (χ3v) is 1.90. The van der Waals surface area contributed by atoms with E-state index in [-0.39, 0.29) is 5.56 Å². The summed E-state index contributed by atoms with van der Waals surface area (Å²) in [7, 11) is 0. The minimum absolute atomic E-state index is 0.0280. The van der Waals surface area contributed by atoms with E-state index < -0.39 is 30.6 Å². The van der Waals surface area contributed by atoms with Crippen molar-refractivity contribution in [3.63, 3.8) is 0 Å². The second kappa shape index (κ2) is 5.05. The molecule has 4 nitrogen and oxygen atoms in total. The zero-order valence-corrected chi connectivity index (χ0v) is 8.44. The summed E-state index contributed by atoms with van der Waals surface area (Å²) in [5.74, 6) is -2.02. The Kier molecular flexibility index (Phi) is 3.95. The summed E-state index contributed by atoms with van der Waals surface area (Å²) >= 11 is 0. The Hall–Kier alpha value is -1.76. The predicted molar refractivity (Wildman–Crippen MR) is 50.5 cm³/mol. The van der Waals surface area contributed by atoms with Crippen LogP contribution in [0.5, 0.6) is 5.75 Å². The van der Waals surface area contributed by atoms with Crippen LogP contribution in [0.25, 0.3) is 0 Å². The third kappa shape index (κ3) is 4.31. The van der Waals surface area contributed by atoms with Crippen molar-refractivity contribution in [1.82, 2.24) is 0 Å². The number of aliphatic hydroxyl groups is 1. The van der Waals surface area contributed by atoms with Gasteiger partial charge in [-0.1, -0.05) is 18.2 Å². The highest BCUT2D eigenvalue weighted by Crippen LogP contribution is 2.26. The molecule has 0 fully saturated rings. The van der Waals surface area contributed by atoms with E-state index in [1.165, 1.54) is 18.2 Å². The van der Waals surface area contributed by atoms with Crippen LogP contribution in [0.4, 0.5) is 13.2 Å². The molecule has 1 aromatic carbocycles. The number of alkyl halides is 3. The number of halogens is 3. The monoisotopic (exact) mass is 250 g/mol. The number of aliphatic hydroxyl groups excluding tert-OH is 1. The SMILES string of the molecule is O=C(O)[C@H](O)Cc1ccccc1OC(F)(F)F. The highest BCUT2D eigenvalue weighted by atomic mass is 19.4. The average molecular weight is 250 g/mol. The first-order valence-electron chi connectivity index (χ1n) is 4.54. The van der Waals surface area contributed by atoms with Crippen LogP contribution in [0.15, 0.2) is 24.3 Å². The third-order valence-electron chi connectivity index (χ3n) is 1.90. The van der Waals surface area contributed by atoms with Crippen molar-refractivity contribution in [2.24, 2.45) is 0 Å². The number of rotatable bonds is 4. The Morgan fingerprint density at radius 3 is 2.47 bits per heavy atom. The van der Waals surface area contributed by atoms with Crippen molar-refractivity contribution in [1.29, 1.82) is 0 Å². The molecule has 0 aliphatic heterocycles. The van der Waals surface area contributed by atoms with Gasteiger partial charge in [-0.15, -0.1) is 13.2 Å². The number of carboxylic acid groups (broad SMARTS) is 1. The number of hydrogen-bond donors (Lipinski definition) is 2. The highest BCUT2D eigenvalue weighted by Gasteiger charge is 2.32. The van der Waals surface area contributed by atoms with Gasteiger partial charge in [0.1, 0.15) is 5.75 Å². The molecule has 0 bridgehead atoms. The summed E-state index contributed by atoms with van der Waals surface area (Å²) in [6.45, 7) is 0. The standard InChI is InChI=1S/C10H9F3O4/c11-10(12,13)17-8-4-2-1-3-6(8)5-7(14)9(15)16/h1-4,7,14H,5H2,(H,15,16)/t7-/m1/s1. The Balaban J connectivity index is 2.88. The van der Waals surface area contributed by atoms with E-state index in [2.05, 4.69) is 4.74 Å². The van der Waals surface area contributed by atoms with Gasteiger partial charge < -0.3 is 14.9 Å². The van der Waals surface area contributed by atoms with E-state index in [1.54, 1.807) is 0 Å². The number of hydrogen-bond acceptors (Lipinski definition) is 3. The van der Waals surface area contributed by atoms with E-state index in [1.807, 2.05) is 0 Å². The Bertz CT molecular complexity index is 403. The first-order chi connectivity index (χ1) is 7.79. The topological polar surface area (TPSA) is 66.8 Å². The smallest absolute Gasteiger partial charge is 0.479 e. The minimum Gasteiger partial charge on any atom is -0.479 e. The number of para-hydroxylation sites is 1. The van der Waals surface area contributed by atoms with Crippen molar-refractivity contribution in [2.75, 3.05) is 0 Å². The summed E-state index contributed by atoms with van der Waals surface area (Å²) in [6, 6.07) is 5.05. The lowest BCUT2D eigenvalue weighted by Crippen LogP contribution is -2.23. The molecule has 0 aliphatic rings. The molecule has 1 rings (SSSR count). The molecule has 2 N–H and O–H groups in total. The maximum absolute atomic E-state index is 12.0. The van der Waals surface area contributed by atoms with Gasteiger partial charge in [0.05, 0.1) is 0 Å². The Morgan fingerprint density at radius 1 is 1.35 bits per heavy atom. The Labute approximate surface area is 94.3 Å². The molecule has 0 heterocycles. The van der Waals surface area contributed by atoms with Crippen molar-refractivity contribution in [3.8, 4) is 5.75 Å². The molecular weight excluding hydrogens is 241 g/mol. The first kappa shape index (κ1) is 13.3. The predicted octanol–water partition coefficient (Wildman–Crippen LogP) is 1.57. The molecule has 1 atom stereocenters. The number of aliphatic carboxylic acids is 1. The van der Waals surface area contributed by atoms with E-state index in [0.717, 1.165) is 6.07 Å². The lowest BCUT2D eigenvalue weighted by Gasteiger charge is -2.13. The number of carbonyl (C=O) groups is 1. The second-order valence-corrected chi connectivity index (χ2v) is 3.21. The molecule has 0 aliphatic carbocycles. The van der Waals surface area contributed by atoms with Crippen LogP contribution >= 0.6 is 0 Å². The highest BCUT2D eigenvalue weighted by molar-refractivity contribution is 5.72. The number of carboxylic acids is 1. The van der Waals surface area contributed by atoms with Gasteiger partial charge >= 0.3 is 12.3 Å². The van der Waals surface area contributed by atoms with Crippen molar-refractivity contribution in [3.05, 3.63) is 29.8 Å². The van der Waals surface area contributed by atoms with Gasteiger partial charge in [-0.3, -0.25) is 0 Å². The van der Waals surface area contributed by atoms with Crippen LogP contribution in [-0.2, 0) is 11.2 Å². The van der Waals surface area contributed by atoms with Crippen LogP contribution in [0, 0.1) is 0 Å². The fourth-order valence-electron chi connectivity index (χ4n) is 1.19. The normalized spacial score (nSPS) is 13.2. The lowest BCUT2D eigenvalue weighted by atomic mass is 10.1. The van der Waals surface area contributed by atoms with E-state index in [4.69, 9.17) is 10.2 Å². The molecule has 7 heteroatoms. The van der Waals surface area contributed by atoms with Gasteiger partial charge in [0.25, 0.3) is 0 Å². The second-order valence-electron chi connectivity index (χ2n) is 3.21. The minimum atomic E-state index is -4.86. The lowest BCUT2D eigenvalue weighted by molar-refractivity contribution is -0.274. The Morgan fingerprint density at radius 2 is 1.94 bits per heavy atom. The molecule has 0 spiro atoms.